The molecule has 7 heteroatoms. The Hall–Kier alpha value is -3.06. The number of carbonyl (C=O) groups excluding carboxylic acids is 1. The third-order valence-corrected chi connectivity index (χ3v) is 5.43. The predicted molar refractivity (Wildman–Crippen MR) is 125 cm³/mol. The van der Waals surface area contributed by atoms with Gasteiger partial charge < -0.3 is 20.7 Å². The number of ether oxygens (including phenoxy) is 1. The first-order valence-corrected chi connectivity index (χ1v) is 10.8. The number of benzene rings is 2. The molecule has 0 saturated carbocycles. The molecule has 0 bridgehead atoms. The van der Waals surface area contributed by atoms with Crippen molar-refractivity contribution in [2.45, 2.75) is 32.4 Å². The molecule has 1 aliphatic heterocycles. The minimum atomic E-state index is 0.0652. The van der Waals surface area contributed by atoms with Crippen molar-refractivity contribution >= 4 is 11.9 Å². The van der Waals surface area contributed by atoms with Crippen LogP contribution in [0.25, 0.3) is 0 Å². The van der Waals surface area contributed by atoms with Crippen molar-refractivity contribution in [2.75, 3.05) is 33.7 Å². The number of hydrogen-bond donors (Lipinski definition) is 3. The summed E-state index contributed by atoms with van der Waals surface area (Å²) in [6, 6.07) is 16.4. The Labute approximate surface area is 184 Å². The molecular weight excluding hydrogens is 390 g/mol. The number of aliphatic imine (C=N–C) groups is 1. The quantitative estimate of drug-likeness (QED) is 0.471. The van der Waals surface area contributed by atoms with Gasteiger partial charge in [-0.25, -0.2) is 0 Å². The van der Waals surface area contributed by atoms with Crippen molar-refractivity contribution in [3.8, 4) is 11.5 Å². The van der Waals surface area contributed by atoms with E-state index < -0.39 is 0 Å². The van der Waals surface area contributed by atoms with Crippen LogP contribution < -0.4 is 20.7 Å². The normalized spacial score (nSPS) is 15.4. The fourth-order valence-electron chi connectivity index (χ4n) is 3.64. The zero-order valence-corrected chi connectivity index (χ0v) is 18.6. The molecule has 1 aliphatic rings. The molecular formula is C24H33N5O2. The second-order valence-corrected chi connectivity index (χ2v) is 7.82. The van der Waals surface area contributed by atoms with E-state index in [2.05, 4.69) is 44.9 Å². The van der Waals surface area contributed by atoms with E-state index in [1.165, 1.54) is 5.56 Å². The molecule has 1 heterocycles. The highest BCUT2D eigenvalue weighted by Gasteiger charge is 2.21. The van der Waals surface area contributed by atoms with Crippen LogP contribution in [0.1, 0.15) is 24.0 Å². The largest absolute Gasteiger partial charge is 0.457 e. The number of amides is 1. The summed E-state index contributed by atoms with van der Waals surface area (Å²) in [5, 5.41) is 9.60. The lowest BCUT2D eigenvalue weighted by molar-refractivity contribution is -0.122. The van der Waals surface area contributed by atoms with Crippen LogP contribution in [0.2, 0.25) is 0 Å². The second kappa shape index (κ2) is 11.4. The van der Waals surface area contributed by atoms with Crippen LogP contribution in [-0.2, 0) is 11.3 Å². The van der Waals surface area contributed by atoms with Gasteiger partial charge in [0.05, 0.1) is 6.54 Å². The topological polar surface area (TPSA) is 78.0 Å². The Morgan fingerprint density at radius 3 is 2.65 bits per heavy atom. The summed E-state index contributed by atoms with van der Waals surface area (Å²) in [6.45, 7) is 4.93. The Morgan fingerprint density at radius 2 is 1.94 bits per heavy atom. The van der Waals surface area contributed by atoms with E-state index in [9.17, 15) is 4.79 Å². The first-order chi connectivity index (χ1) is 15.1. The number of likely N-dealkylation sites (tertiary alicyclic amines) is 1. The molecule has 2 aromatic carbocycles. The van der Waals surface area contributed by atoms with Gasteiger partial charge in [-0.1, -0.05) is 30.3 Å². The lowest BCUT2D eigenvalue weighted by Gasteiger charge is -2.32. The van der Waals surface area contributed by atoms with E-state index in [-0.39, 0.29) is 5.91 Å². The van der Waals surface area contributed by atoms with Gasteiger partial charge in [0, 0.05) is 45.3 Å². The lowest BCUT2D eigenvalue weighted by Crippen LogP contribution is -2.49. The number of nitrogens with one attached hydrogen (secondary N) is 3. The average Bonchev–Trinajstić information content (AvgIpc) is 2.78. The van der Waals surface area contributed by atoms with Crippen LogP contribution >= 0.6 is 0 Å². The van der Waals surface area contributed by atoms with Gasteiger partial charge in [0.15, 0.2) is 5.96 Å². The van der Waals surface area contributed by atoms with Crippen LogP contribution in [0, 0.1) is 6.92 Å². The van der Waals surface area contributed by atoms with Gasteiger partial charge in [-0.3, -0.25) is 14.7 Å². The number of nitrogens with zero attached hydrogens (tertiary/aromatic N) is 2. The molecule has 0 spiro atoms. The molecule has 0 aromatic heterocycles. The minimum absolute atomic E-state index is 0.0652. The summed E-state index contributed by atoms with van der Waals surface area (Å²) in [6.07, 6.45) is 1.95. The molecule has 0 radical (unpaired) electrons. The number of piperidine rings is 1. The van der Waals surface area contributed by atoms with Gasteiger partial charge in [0.25, 0.3) is 0 Å². The standard InChI is InChI=1S/C24H33N5O2/c1-18-7-6-9-21(15-18)31-22-10-5-4-8-19(22)16-27-24(26-3)28-20-11-13-29(14-12-20)17-23(30)25-2/h4-10,15,20H,11-14,16-17H2,1-3H3,(H,25,30)(H2,26,27,28). The zero-order valence-electron chi connectivity index (χ0n) is 18.6. The number of likely N-dealkylation sites (N-methyl/N-ethyl adjacent to an activating group) is 1. The van der Waals surface area contributed by atoms with Gasteiger partial charge in [-0.05, 0) is 43.5 Å². The van der Waals surface area contributed by atoms with Crippen molar-refractivity contribution in [2.24, 2.45) is 4.99 Å². The summed E-state index contributed by atoms with van der Waals surface area (Å²) in [4.78, 5) is 18.1. The number of aryl methyl sites for hydroxylation is 1. The van der Waals surface area contributed by atoms with E-state index in [1.807, 2.05) is 36.4 Å². The first-order valence-electron chi connectivity index (χ1n) is 10.8. The van der Waals surface area contributed by atoms with Crippen LogP contribution in [0.4, 0.5) is 0 Å². The van der Waals surface area contributed by atoms with Gasteiger partial charge in [0.2, 0.25) is 5.91 Å². The van der Waals surface area contributed by atoms with E-state index in [0.717, 1.165) is 49.0 Å². The highest BCUT2D eigenvalue weighted by Crippen LogP contribution is 2.25. The van der Waals surface area contributed by atoms with Gasteiger partial charge in [-0.15, -0.1) is 0 Å². The van der Waals surface area contributed by atoms with Crippen LogP contribution in [0.15, 0.2) is 53.5 Å². The third kappa shape index (κ3) is 7.00. The highest BCUT2D eigenvalue weighted by molar-refractivity contribution is 5.80. The maximum absolute atomic E-state index is 11.6. The molecule has 1 amide bonds. The number of carbonyl (C=O) groups is 1. The van der Waals surface area contributed by atoms with Gasteiger partial charge in [-0.2, -0.15) is 0 Å². The smallest absolute Gasteiger partial charge is 0.233 e. The molecule has 166 valence electrons. The van der Waals surface area contributed by atoms with Gasteiger partial charge in [0.1, 0.15) is 11.5 Å². The minimum Gasteiger partial charge on any atom is -0.457 e. The van der Waals surface area contributed by atoms with Crippen molar-refractivity contribution in [1.82, 2.24) is 20.9 Å². The molecule has 3 N–H and O–H groups in total. The molecule has 0 atom stereocenters. The lowest BCUT2D eigenvalue weighted by atomic mass is 10.1. The van der Waals surface area contributed by atoms with Crippen LogP contribution in [0.3, 0.4) is 0 Å². The van der Waals surface area contributed by atoms with E-state index in [1.54, 1.807) is 14.1 Å². The number of rotatable bonds is 7. The Morgan fingerprint density at radius 1 is 1.16 bits per heavy atom. The predicted octanol–water partition coefficient (Wildman–Crippen LogP) is 2.66. The monoisotopic (exact) mass is 423 g/mol. The van der Waals surface area contributed by atoms with Gasteiger partial charge >= 0.3 is 0 Å². The van der Waals surface area contributed by atoms with E-state index >= 15 is 0 Å². The third-order valence-electron chi connectivity index (χ3n) is 5.43. The molecule has 0 aliphatic carbocycles. The van der Waals surface area contributed by atoms with Crippen LogP contribution in [-0.4, -0.2) is 56.5 Å². The first kappa shape index (κ1) is 22.6. The summed E-state index contributed by atoms with van der Waals surface area (Å²) in [7, 11) is 3.46. The number of para-hydroxylation sites is 1. The van der Waals surface area contributed by atoms with Crippen molar-refractivity contribution < 1.29 is 9.53 Å². The van der Waals surface area contributed by atoms with Crippen molar-refractivity contribution in [3.63, 3.8) is 0 Å². The average molecular weight is 424 g/mol. The zero-order chi connectivity index (χ0) is 22.1. The maximum Gasteiger partial charge on any atom is 0.233 e. The SMILES string of the molecule is CN=C(NCc1ccccc1Oc1cccc(C)c1)NC1CCN(CC(=O)NC)CC1. The number of hydrogen-bond acceptors (Lipinski definition) is 4. The van der Waals surface area contributed by atoms with Crippen molar-refractivity contribution in [1.29, 1.82) is 0 Å². The Kier molecular flexibility index (Phi) is 8.29. The Bertz CT molecular complexity index is 891. The summed E-state index contributed by atoms with van der Waals surface area (Å²) >= 11 is 0. The fourth-order valence-corrected chi connectivity index (χ4v) is 3.64. The molecule has 1 fully saturated rings. The summed E-state index contributed by atoms with van der Waals surface area (Å²) in [5.41, 5.74) is 2.23. The summed E-state index contributed by atoms with van der Waals surface area (Å²) < 4.78 is 6.12. The summed E-state index contributed by atoms with van der Waals surface area (Å²) in [5.74, 6) is 2.50. The molecule has 0 unspecified atom stereocenters. The van der Waals surface area contributed by atoms with Crippen molar-refractivity contribution in [3.05, 3.63) is 59.7 Å². The molecule has 2 aromatic rings. The molecule has 3 rings (SSSR count). The van der Waals surface area contributed by atoms with Crippen LogP contribution in [0.5, 0.6) is 11.5 Å². The fraction of sp³-hybridized carbons (Fsp3) is 0.417. The maximum atomic E-state index is 11.6. The molecule has 7 nitrogen and oxygen atoms in total. The molecule has 31 heavy (non-hydrogen) atoms. The Balaban J connectivity index is 1.52. The molecule has 1 saturated heterocycles. The highest BCUT2D eigenvalue weighted by atomic mass is 16.5. The van der Waals surface area contributed by atoms with E-state index in [4.69, 9.17) is 4.74 Å². The van der Waals surface area contributed by atoms with E-state index in [0.29, 0.717) is 19.1 Å². The number of guanidine groups is 1. The second-order valence-electron chi connectivity index (χ2n) is 7.82.